The van der Waals surface area contributed by atoms with E-state index in [0.717, 1.165) is 16.6 Å². The highest BCUT2D eigenvalue weighted by Crippen LogP contribution is 2.15. The van der Waals surface area contributed by atoms with Gasteiger partial charge in [-0.05, 0) is 30.4 Å². The van der Waals surface area contributed by atoms with Gasteiger partial charge in [0.2, 0.25) is 5.91 Å². The first-order valence-electron chi connectivity index (χ1n) is 6.84. The average Bonchev–Trinajstić information content (AvgIpc) is 2.77. The minimum absolute atomic E-state index is 0.00926. The number of Topliss-reactive ketones (excluding diaryl/α,β-unsaturated/α-hetero) is 1. The van der Waals surface area contributed by atoms with Crippen molar-refractivity contribution >= 4 is 22.6 Å². The minimum atomic E-state index is -0.410. The number of benzene rings is 1. The second kappa shape index (κ2) is 5.90. The Balaban J connectivity index is 2.05. The largest absolute Gasteiger partial charge is 0.358 e. The lowest BCUT2D eigenvalue weighted by molar-refractivity contribution is -0.127. The summed E-state index contributed by atoms with van der Waals surface area (Å²) in [5.74, 6) is -0.0467. The molecule has 2 aromatic rings. The number of aromatic nitrogens is 1. The molecule has 0 radical (unpaired) electrons. The Morgan fingerprint density at radius 1 is 1.25 bits per heavy atom. The molecule has 106 valence electrons. The third-order valence-corrected chi connectivity index (χ3v) is 3.36. The summed E-state index contributed by atoms with van der Waals surface area (Å²) in [7, 11) is 0. The normalized spacial score (nSPS) is 12.6. The first kappa shape index (κ1) is 14.3. The smallest absolute Gasteiger partial charge is 0.226 e. The lowest BCUT2D eigenvalue weighted by Gasteiger charge is -2.19. The van der Waals surface area contributed by atoms with Crippen molar-refractivity contribution in [2.75, 3.05) is 0 Å². The number of ketones is 1. The number of fused-ring (bicyclic) bond motifs is 1. The molecular formula is C16H20N2O2. The molecule has 1 aromatic heterocycles. The summed E-state index contributed by atoms with van der Waals surface area (Å²) in [4.78, 5) is 26.7. The van der Waals surface area contributed by atoms with Gasteiger partial charge in [-0.3, -0.25) is 9.59 Å². The zero-order valence-electron chi connectivity index (χ0n) is 12.1. The predicted molar refractivity (Wildman–Crippen MR) is 79.5 cm³/mol. The van der Waals surface area contributed by atoms with Crippen molar-refractivity contribution in [3.8, 4) is 0 Å². The van der Waals surface area contributed by atoms with Crippen LogP contribution in [0.25, 0.3) is 10.9 Å². The zero-order chi connectivity index (χ0) is 14.7. The van der Waals surface area contributed by atoms with Crippen molar-refractivity contribution in [3.63, 3.8) is 0 Å². The van der Waals surface area contributed by atoms with Gasteiger partial charge in [-0.15, -0.1) is 0 Å². The summed E-state index contributed by atoms with van der Waals surface area (Å²) in [5.41, 5.74) is 1.87. The Labute approximate surface area is 118 Å². The van der Waals surface area contributed by atoms with Crippen molar-refractivity contribution in [3.05, 3.63) is 36.0 Å². The highest BCUT2D eigenvalue weighted by atomic mass is 16.2. The fourth-order valence-electron chi connectivity index (χ4n) is 2.36. The number of carbonyl (C=O) groups is 2. The molecule has 2 rings (SSSR count). The van der Waals surface area contributed by atoms with Gasteiger partial charge in [0, 0.05) is 11.2 Å². The standard InChI is InChI=1S/C16H20N2O2/c1-10(2)16(11(3)19)18-15(20)9-13-8-12-6-4-5-7-14(12)17-13/h4-8,10,16-17H,9H2,1-3H3,(H,18,20). The Bertz CT molecular complexity index is 595. The number of hydrogen-bond donors (Lipinski definition) is 2. The van der Waals surface area contributed by atoms with Crippen LogP contribution < -0.4 is 5.32 Å². The monoisotopic (exact) mass is 272 g/mol. The van der Waals surface area contributed by atoms with E-state index in [9.17, 15) is 9.59 Å². The highest BCUT2D eigenvalue weighted by molar-refractivity contribution is 5.89. The molecule has 1 heterocycles. The number of amides is 1. The summed E-state index contributed by atoms with van der Waals surface area (Å²) < 4.78 is 0. The highest BCUT2D eigenvalue weighted by Gasteiger charge is 2.20. The van der Waals surface area contributed by atoms with Crippen LogP contribution in [0.15, 0.2) is 30.3 Å². The first-order valence-corrected chi connectivity index (χ1v) is 6.84. The topological polar surface area (TPSA) is 62.0 Å². The van der Waals surface area contributed by atoms with E-state index in [4.69, 9.17) is 0 Å². The molecule has 0 aliphatic heterocycles. The van der Waals surface area contributed by atoms with Crippen LogP contribution in [0.5, 0.6) is 0 Å². The maximum Gasteiger partial charge on any atom is 0.226 e. The van der Waals surface area contributed by atoms with E-state index in [1.165, 1.54) is 6.92 Å². The molecule has 0 aliphatic rings. The lowest BCUT2D eigenvalue weighted by atomic mass is 10.0. The number of para-hydroxylation sites is 1. The fourth-order valence-corrected chi connectivity index (χ4v) is 2.36. The summed E-state index contributed by atoms with van der Waals surface area (Å²) in [6, 6.07) is 9.44. The van der Waals surface area contributed by atoms with E-state index in [0.29, 0.717) is 0 Å². The average molecular weight is 272 g/mol. The number of carbonyl (C=O) groups excluding carboxylic acids is 2. The van der Waals surface area contributed by atoms with E-state index in [-0.39, 0.29) is 24.0 Å². The molecule has 0 fully saturated rings. The zero-order valence-corrected chi connectivity index (χ0v) is 12.1. The van der Waals surface area contributed by atoms with E-state index in [2.05, 4.69) is 10.3 Å². The second-order valence-corrected chi connectivity index (χ2v) is 5.46. The molecule has 4 heteroatoms. The van der Waals surface area contributed by atoms with Crippen LogP contribution in [0, 0.1) is 5.92 Å². The number of rotatable bonds is 5. The van der Waals surface area contributed by atoms with Gasteiger partial charge in [-0.25, -0.2) is 0 Å². The molecular weight excluding hydrogens is 252 g/mol. The first-order chi connectivity index (χ1) is 9.47. The van der Waals surface area contributed by atoms with Crippen LogP contribution in [0.1, 0.15) is 26.5 Å². The summed E-state index contributed by atoms with van der Waals surface area (Å²) in [6.07, 6.45) is 0.255. The molecule has 0 spiro atoms. The number of hydrogen-bond acceptors (Lipinski definition) is 2. The fraction of sp³-hybridized carbons (Fsp3) is 0.375. The van der Waals surface area contributed by atoms with Crippen molar-refractivity contribution in [1.82, 2.24) is 10.3 Å². The van der Waals surface area contributed by atoms with Crippen LogP contribution in [0.4, 0.5) is 0 Å². The quantitative estimate of drug-likeness (QED) is 0.878. The van der Waals surface area contributed by atoms with Crippen LogP contribution in [-0.4, -0.2) is 22.7 Å². The van der Waals surface area contributed by atoms with Crippen LogP contribution >= 0.6 is 0 Å². The molecule has 4 nitrogen and oxygen atoms in total. The van der Waals surface area contributed by atoms with E-state index in [1.54, 1.807) is 0 Å². The van der Waals surface area contributed by atoms with Gasteiger partial charge < -0.3 is 10.3 Å². The van der Waals surface area contributed by atoms with Gasteiger partial charge in [0.15, 0.2) is 5.78 Å². The maximum absolute atomic E-state index is 12.0. The van der Waals surface area contributed by atoms with Crippen molar-refractivity contribution in [2.45, 2.75) is 33.2 Å². The molecule has 20 heavy (non-hydrogen) atoms. The summed E-state index contributed by atoms with van der Waals surface area (Å²) >= 11 is 0. The molecule has 0 saturated carbocycles. The third kappa shape index (κ3) is 3.26. The molecule has 1 atom stereocenters. The van der Waals surface area contributed by atoms with Crippen molar-refractivity contribution in [1.29, 1.82) is 0 Å². The maximum atomic E-state index is 12.0. The third-order valence-electron chi connectivity index (χ3n) is 3.36. The molecule has 0 aliphatic carbocycles. The Morgan fingerprint density at radius 3 is 2.55 bits per heavy atom. The number of nitrogens with one attached hydrogen (secondary N) is 2. The van der Waals surface area contributed by atoms with Crippen molar-refractivity contribution < 1.29 is 9.59 Å². The van der Waals surface area contributed by atoms with Crippen LogP contribution in [0.2, 0.25) is 0 Å². The van der Waals surface area contributed by atoms with Crippen molar-refractivity contribution in [2.24, 2.45) is 5.92 Å². The predicted octanol–water partition coefficient (Wildman–Crippen LogP) is 2.44. The summed E-state index contributed by atoms with van der Waals surface area (Å²) in [5, 5.41) is 3.89. The van der Waals surface area contributed by atoms with Gasteiger partial charge in [-0.2, -0.15) is 0 Å². The van der Waals surface area contributed by atoms with Crippen LogP contribution in [0.3, 0.4) is 0 Å². The van der Waals surface area contributed by atoms with Gasteiger partial charge in [-0.1, -0.05) is 32.0 Å². The molecule has 0 saturated heterocycles. The molecule has 1 aromatic carbocycles. The molecule has 1 unspecified atom stereocenters. The molecule has 0 bridgehead atoms. The Kier molecular flexibility index (Phi) is 4.23. The summed E-state index contributed by atoms with van der Waals surface area (Å²) in [6.45, 7) is 5.36. The van der Waals surface area contributed by atoms with E-state index < -0.39 is 6.04 Å². The lowest BCUT2D eigenvalue weighted by Crippen LogP contribution is -2.44. The van der Waals surface area contributed by atoms with Gasteiger partial charge >= 0.3 is 0 Å². The van der Waals surface area contributed by atoms with E-state index >= 15 is 0 Å². The minimum Gasteiger partial charge on any atom is -0.358 e. The van der Waals surface area contributed by atoms with Gasteiger partial charge in [0.1, 0.15) is 0 Å². The van der Waals surface area contributed by atoms with Gasteiger partial charge in [0.25, 0.3) is 0 Å². The van der Waals surface area contributed by atoms with E-state index in [1.807, 2.05) is 44.2 Å². The number of aromatic amines is 1. The Morgan fingerprint density at radius 2 is 1.95 bits per heavy atom. The second-order valence-electron chi connectivity index (χ2n) is 5.46. The SMILES string of the molecule is CC(=O)C(NC(=O)Cc1cc2ccccc2[nH]1)C(C)C. The van der Waals surface area contributed by atoms with Gasteiger partial charge in [0.05, 0.1) is 12.5 Å². The molecule has 1 amide bonds. The van der Waals surface area contributed by atoms with Crippen LogP contribution in [-0.2, 0) is 16.0 Å². The molecule has 2 N–H and O–H groups in total. The Hall–Kier alpha value is -2.10. The number of H-pyrrole nitrogens is 1.